The van der Waals surface area contributed by atoms with E-state index in [0.29, 0.717) is 12.2 Å². The fourth-order valence-corrected chi connectivity index (χ4v) is 1.75. The van der Waals surface area contributed by atoms with E-state index in [2.05, 4.69) is 4.74 Å². The third-order valence-electron chi connectivity index (χ3n) is 2.69. The zero-order valence-electron chi connectivity index (χ0n) is 10.8. The molecule has 0 fully saturated rings. The summed E-state index contributed by atoms with van der Waals surface area (Å²) in [6.07, 6.45) is 0. The molecule has 0 bridgehead atoms. The van der Waals surface area contributed by atoms with Crippen molar-refractivity contribution in [3.63, 3.8) is 0 Å². The molecule has 0 aliphatic heterocycles. The number of methoxy groups -OCH3 is 1. The van der Waals surface area contributed by atoms with Crippen LogP contribution >= 0.6 is 0 Å². The molecule has 7 nitrogen and oxygen atoms in total. The van der Waals surface area contributed by atoms with Crippen LogP contribution in [0.5, 0.6) is 0 Å². The number of hydrogen-bond acceptors (Lipinski definition) is 6. The summed E-state index contributed by atoms with van der Waals surface area (Å²) in [5, 5.41) is 20.0. The molecular formula is C12H16N2O5. The topological polar surface area (TPSA) is 92.9 Å². The Bertz CT molecular complexity index is 475. The minimum Gasteiger partial charge on any atom is -0.465 e. The summed E-state index contributed by atoms with van der Waals surface area (Å²) in [7, 11) is 1.24. The molecule has 0 saturated carbocycles. The smallest absolute Gasteiger partial charge is 0.337 e. The highest BCUT2D eigenvalue weighted by atomic mass is 16.6. The number of anilines is 1. The quantitative estimate of drug-likeness (QED) is 0.473. The van der Waals surface area contributed by atoms with E-state index in [-0.39, 0.29) is 24.4 Å². The number of hydrogen-bond donors (Lipinski definition) is 1. The van der Waals surface area contributed by atoms with Gasteiger partial charge in [0, 0.05) is 19.2 Å². The van der Waals surface area contributed by atoms with Crippen LogP contribution in [0.15, 0.2) is 18.2 Å². The third-order valence-corrected chi connectivity index (χ3v) is 2.69. The van der Waals surface area contributed by atoms with Gasteiger partial charge in [-0.3, -0.25) is 10.1 Å². The molecule has 1 rings (SSSR count). The second-order valence-corrected chi connectivity index (χ2v) is 3.76. The van der Waals surface area contributed by atoms with Gasteiger partial charge >= 0.3 is 5.97 Å². The lowest BCUT2D eigenvalue weighted by Gasteiger charge is -2.22. The molecule has 0 saturated heterocycles. The fraction of sp³-hybridized carbons (Fsp3) is 0.417. The van der Waals surface area contributed by atoms with Gasteiger partial charge in [-0.2, -0.15) is 0 Å². The maximum absolute atomic E-state index is 11.5. The van der Waals surface area contributed by atoms with Crippen LogP contribution in [-0.4, -0.2) is 42.8 Å². The summed E-state index contributed by atoms with van der Waals surface area (Å²) in [5.74, 6) is -0.559. The Labute approximate surface area is 110 Å². The largest absolute Gasteiger partial charge is 0.465 e. The zero-order chi connectivity index (χ0) is 14.4. The van der Waals surface area contributed by atoms with Crippen LogP contribution < -0.4 is 4.90 Å². The van der Waals surface area contributed by atoms with E-state index in [4.69, 9.17) is 5.11 Å². The SMILES string of the molecule is CCN(CCO)c1cc(C(=O)OC)ccc1[N+](=O)[O-]. The van der Waals surface area contributed by atoms with Crippen LogP contribution in [0, 0.1) is 10.1 Å². The Morgan fingerprint density at radius 1 is 1.53 bits per heavy atom. The molecule has 1 N–H and O–H groups in total. The van der Waals surface area contributed by atoms with Gasteiger partial charge in [0.05, 0.1) is 24.2 Å². The molecule has 1 aromatic rings. The van der Waals surface area contributed by atoms with Gasteiger partial charge in [0.2, 0.25) is 0 Å². The highest BCUT2D eigenvalue weighted by molar-refractivity contribution is 5.91. The molecule has 0 amide bonds. The van der Waals surface area contributed by atoms with Crippen molar-refractivity contribution in [1.82, 2.24) is 0 Å². The highest BCUT2D eigenvalue weighted by Gasteiger charge is 2.20. The predicted octanol–water partition coefficient (Wildman–Crippen LogP) is 1.20. The first-order valence-corrected chi connectivity index (χ1v) is 5.77. The van der Waals surface area contributed by atoms with Crippen LogP contribution in [-0.2, 0) is 4.74 Å². The Morgan fingerprint density at radius 2 is 2.21 bits per heavy atom. The van der Waals surface area contributed by atoms with Crippen LogP contribution in [0.25, 0.3) is 0 Å². The van der Waals surface area contributed by atoms with Crippen LogP contribution in [0.1, 0.15) is 17.3 Å². The van der Waals surface area contributed by atoms with Crippen molar-refractivity contribution in [3.8, 4) is 0 Å². The summed E-state index contributed by atoms with van der Waals surface area (Å²) < 4.78 is 4.59. The summed E-state index contributed by atoms with van der Waals surface area (Å²) in [5.41, 5.74) is 0.423. The standard InChI is InChI=1S/C12H16N2O5/c1-3-13(6-7-15)11-8-9(12(16)19-2)4-5-10(11)14(17)18/h4-5,8,15H,3,6-7H2,1-2H3. The molecule has 0 atom stereocenters. The summed E-state index contributed by atoms with van der Waals surface area (Å²) in [6.45, 7) is 2.41. The average molecular weight is 268 g/mol. The Morgan fingerprint density at radius 3 is 2.68 bits per heavy atom. The summed E-state index contributed by atoms with van der Waals surface area (Å²) >= 11 is 0. The number of likely N-dealkylation sites (N-methyl/N-ethyl adjacent to an activating group) is 1. The van der Waals surface area contributed by atoms with Gasteiger partial charge in [0.1, 0.15) is 5.69 Å². The minimum absolute atomic E-state index is 0.108. The van der Waals surface area contributed by atoms with Gasteiger partial charge in [-0.25, -0.2) is 4.79 Å². The first-order chi connectivity index (χ1) is 9.04. The normalized spacial score (nSPS) is 10.1. The van der Waals surface area contributed by atoms with E-state index in [0.717, 1.165) is 0 Å². The molecule has 1 aromatic carbocycles. The van der Waals surface area contributed by atoms with E-state index >= 15 is 0 Å². The van der Waals surface area contributed by atoms with Crippen LogP contribution in [0.2, 0.25) is 0 Å². The molecule has 7 heteroatoms. The zero-order valence-corrected chi connectivity index (χ0v) is 10.8. The van der Waals surface area contributed by atoms with E-state index in [9.17, 15) is 14.9 Å². The third kappa shape index (κ3) is 3.41. The summed E-state index contributed by atoms with van der Waals surface area (Å²) in [6, 6.07) is 4.02. The van der Waals surface area contributed by atoms with Crippen LogP contribution in [0.3, 0.4) is 0 Å². The molecule has 0 aliphatic carbocycles. The molecule has 0 heterocycles. The molecule has 0 aliphatic rings. The van der Waals surface area contributed by atoms with Crippen molar-refractivity contribution in [2.45, 2.75) is 6.92 Å². The first kappa shape index (κ1) is 14.9. The van der Waals surface area contributed by atoms with Gasteiger partial charge in [-0.1, -0.05) is 0 Å². The lowest BCUT2D eigenvalue weighted by atomic mass is 10.1. The lowest BCUT2D eigenvalue weighted by molar-refractivity contribution is -0.384. The summed E-state index contributed by atoms with van der Waals surface area (Å²) in [4.78, 5) is 23.6. The predicted molar refractivity (Wildman–Crippen MR) is 69.4 cm³/mol. The molecule has 0 unspecified atom stereocenters. The van der Waals surface area contributed by atoms with Gasteiger partial charge in [-0.05, 0) is 19.1 Å². The minimum atomic E-state index is -0.559. The lowest BCUT2D eigenvalue weighted by Crippen LogP contribution is -2.27. The number of aliphatic hydroxyl groups is 1. The number of nitrogens with zero attached hydrogens (tertiary/aromatic N) is 2. The Balaban J connectivity index is 3.29. The van der Waals surface area contributed by atoms with Gasteiger partial charge in [-0.15, -0.1) is 0 Å². The van der Waals surface area contributed by atoms with Crippen molar-refractivity contribution in [2.24, 2.45) is 0 Å². The number of benzene rings is 1. The van der Waals surface area contributed by atoms with Crippen molar-refractivity contribution >= 4 is 17.3 Å². The number of carbonyl (C=O) groups is 1. The number of rotatable bonds is 6. The maximum atomic E-state index is 11.5. The average Bonchev–Trinajstić information content (AvgIpc) is 2.43. The van der Waals surface area contributed by atoms with Crippen molar-refractivity contribution in [2.75, 3.05) is 31.7 Å². The first-order valence-electron chi connectivity index (χ1n) is 5.77. The van der Waals surface area contributed by atoms with E-state index in [1.54, 1.807) is 4.90 Å². The molecule has 0 spiro atoms. The van der Waals surface area contributed by atoms with E-state index in [1.807, 2.05) is 6.92 Å². The number of ether oxygens (including phenoxy) is 1. The van der Waals surface area contributed by atoms with Crippen molar-refractivity contribution < 1.29 is 19.6 Å². The van der Waals surface area contributed by atoms with Gasteiger partial charge < -0.3 is 14.7 Å². The van der Waals surface area contributed by atoms with E-state index in [1.165, 1.54) is 25.3 Å². The fourth-order valence-electron chi connectivity index (χ4n) is 1.75. The second-order valence-electron chi connectivity index (χ2n) is 3.76. The molecule has 19 heavy (non-hydrogen) atoms. The Hall–Kier alpha value is -2.15. The Kier molecular flexibility index (Phi) is 5.25. The molecule has 0 aromatic heterocycles. The maximum Gasteiger partial charge on any atom is 0.337 e. The number of aliphatic hydroxyl groups excluding tert-OH is 1. The van der Waals surface area contributed by atoms with Crippen molar-refractivity contribution in [3.05, 3.63) is 33.9 Å². The number of carbonyl (C=O) groups excluding carboxylic acids is 1. The van der Waals surface area contributed by atoms with E-state index < -0.39 is 10.9 Å². The highest BCUT2D eigenvalue weighted by Crippen LogP contribution is 2.29. The van der Waals surface area contributed by atoms with Crippen LogP contribution in [0.4, 0.5) is 11.4 Å². The number of nitro groups is 1. The van der Waals surface area contributed by atoms with Gasteiger partial charge in [0.15, 0.2) is 0 Å². The molecule has 104 valence electrons. The number of nitro benzene ring substituents is 1. The second kappa shape index (κ2) is 6.69. The van der Waals surface area contributed by atoms with Crippen molar-refractivity contribution in [1.29, 1.82) is 0 Å². The monoisotopic (exact) mass is 268 g/mol. The molecular weight excluding hydrogens is 252 g/mol. The molecule has 0 radical (unpaired) electrons. The number of esters is 1. The van der Waals surface area contributed by atoms with Gasteiger partial charge in [0.25, 0.3) is 5.69 Å².